The Kier molecular flexibility index (Phi) is 3.17. The minimum Gasteiger partial charge on any atom is -0.373 e. The zero-order valence-corrected chi connectivity index (χ0v) is 9.59. The summed E-state index contributed by atoms with van der Waals surface area (Å²) in [6.45, 7) is 0. The summed E-state index contributed by atoms with van der Waals surface area (Å²) < 4.78 is 64.5. The van der Waals surface area contributed by atoms with E-state index in [4.69, 9.17) is 0 Å². The quantitative estimate of drug-likeness (QED) is 0.854. The zero-order chi connectivity index (χ0) is 14.2. The Balaban J connectivity index is 2.58. The predicted octanol–water partition coefficient (Wildman–Crippen LogP) is 3.21. The number of alkyl halides is 3. The highest BCUT2D eigenvalue weighted by atomic mass is 19.4. The number of aromatic nitrogens is 2. The molecule has 0 spiro atoms. The van der Waals surface area contributed by atoms with Gasteiger partial charge in [-0.1, -0.05) is 0 Å². The Morgan fingerprint density at radius 3 is 2.11 bits per heavy atom. The number of anilines is 1. The molecule has 8 heteroatoms. The summed E-state index contributed by atoms with van der Waals surface area (Å²) in [7, 11) is 1.38. The van der Waals surface area contributed by atoms with Gasteiger partial charge in [0.05, 0.1) is 5.69 Å². The van der Waals surface area contributed by atoms with Gasteiger partial charge in [0.15, 0.2) is 5.69 Å². The summed E-state index contributed by atoms with van der Waals surface area (Å²) in [5, 5.41) is 5.78. The van der Waals surface area contributed by atoms with Crippen LogP contribution in [-0.4, -0.2) is 16.8 Å². The van der Waals surface area contributed by atoms with Crippen molar-refractivity contribution in [2.45, 2.75) is 6.18 Å². The lowest BCUT2D eigenvalue weighted by Gasteiger charge is -2.07. The Morgan fingerprint density at radius 1 is 1.05 bits per heavy atom. The highest BCUT2D eigenvalue weighted by molar-refractivity contribution is 5.46. The maximum Gasteiger partial charge on any atom is 0.435 e. The molecule has 0 saturated heterocycles. The predicted molar refractivity (Wildman–Crippen MR) is 58.0 cm³/mol. The molecule has 0 bridgehead atoms. The van der Waals surface area contributed by atoms with E-state index in [1.165, 1.54) is 7.05 Å². The van der Waals surface area contributed by atoms with Crippen molar-refractivity contribution in [2.24, 2.45) is 0 Å². The van der Waals surface area contributed by atoms with Crippen LogP contribution >= 0.6 is 0 Å². The standard InChI is InChI=1S/C11H8F5N3/c1-17-10-5-9(11(14,15)16)18-19(10)8-3-6(12)2-7(13)4-8/h2-5,17H,1H3. The van der Waals surface area contributed by atoms with Crippen molar-refractivity contribution in [1.29, 1.82) is 0 Å². The van der Waals surface area contributed by atoms with E-state index in [-0.39, 0.29) is 11.5 Å². The topological polar surface area (TPSA) is 29.9 Å². The molecule has 0 aliphatic rings. The minimum absolute atomic E-state index is 0.0303. The van der Waals surface area contributed by atoms with Crippen LogP contribution in [0, 0.1) is 11.6 Å². The summed E-state index contributed by atoms with van der Waals surface area (Å²) in [5.41, 5.74) is -1.29. The second-order valence-electron chi connectivity index (χ2n) is 3.70. The van der Waals surface area contributed by atoms with Gasteiger partial charge in [-0.2, -0.15) is 18.3 Å². The van der Waals surface area contributed by atoms with Crippen molar-refractivity contribution < 1.29 is 22.0 Å². The van der Waals surface area contributed by atoms with E-state index in [2.05, 4.69) is 10.4 Å². The lowest BCUT2D eigenvalue weighted by molar-refractivity contribution is -0.141. The lowest BCUT2D eigenvalue weighted by Crippen LogP contribution is -2.08. The average Bonchev–Trinajstić information content (AvgIpc) is 2.71. The molecule has 1 aromatic carbocycles. The third kappa shape index (κ3) is 2.67. The van der Waals surface area contributed by atoms with Crippen LogP contribution in [0.25, 0.3) is 5.69 Å². The average molecular weight is 277 g/mol. The van der Waals surface area contributed by atoms with Crippen LogP contribution in [0.3, 0.4) is 0 Å². The molecule has 0 aliphatic heterocycles. The normalized spacial score (nSPS) is 11.7. The first kappa shape index (κ1) is 13.3. The molecular formula is C11H8F5N3. The van der Waals surface area contributed by atoms with Gasteiger partial charge in [0.2, 0.25) is 0 Å². The van der Waals surface area contributed by atoms with Crippen molar-refractivity contribution in [3.05, 3.63) is 41.6 Å². The van der Waals surface area contributed by atoms with E-state index in [1.807, 2.05) is 0 Å². The van der Waals surface area contributed by atoms with Gasteiger partial charge in [-0.15, -0.1) is 0 Å². The van der Waals surface area contributed by atoms with E-state index in [9.17, 15) is 22.0 Å². The molecule has 3 nitrogen and oxygen atoms in total. The molecule has 1 aromatic heterocycles. The molecule has 0 amide bonds. The van der Waals surface area contributed by atoms with Crippen LogP contribution in [0.5, 0.6) is 0 Å². The number of halogens is 5. The maximum atomic E-state index is 13.1. The maximum absolute atomic E-state index is 13.1. The number of hydrogen-bond donors (Lipinski definition) is 1. The number of benzene rings is 1. The first-order chi connectivity index (χ1) is 8.81. The molecule has 0 unspecified atom stereocenters. The van der Waals surface area contributed by atoms with Crippen LogP contribution < -0.4 is 5.32 Å². The molecule has 1 heterocycles. The number of hydrogen-bond acceptors (Lipinski definition) is 2. The van der Waals surface area contributed by atoms with Gasteiger partial charge in [0, 0.05) is 19.2 Å². The largest absolute Gasteiger partial charge is 0.435 e. The van der Waals surface area contributed by atoms with Gasteiger partial charge in [-0.3, -0.25) is 0 Å². The van der Waals surface area contributed by atoms with Crippen LogP contribution in [0.15, 0.2) is 24.3 Å². The Hall–Kier alpha value is -2.12. The Morgan fingerprint density at radius 2 is 1.63 bits per heavy atom. The van der Waals surface area contributed by atoms with Crippen LogP contribution in [0.2, 0.25) is 0 Å². The van der Waals surface area contributed by atoms with Gasteiger partial charge < -0.3 is 5.32 Å². The zero-order valence-electron chi connectivity index (χ0n) is 9.59. The molecule has 0 saturated carbocycles. The van der Waals surface area contributed by atoms with Crippen LogP contribution in [0.4, 0.5) is 27.8 Å². The van der Waals surface area contributed by atoms with Gasteiger partial charge in [0.1, 0.15) is 17.5 Å². The molecule has 2 aromatic rings. The molecule has 0 atom stereocenters. The highest BCUT2D eigenvalue weighted by Crippen LogP contribution is 2.31. The monoisotopic (exact) mass is 277 g/mol. The fraction of sp³-hybridized carbons (Fsp3) is 0.182. The van der Waals surface area contributed by atoms with Gasteiger partial charge in [-0.05, 0) is 12.1 Å². The molecule has 0 fully saturated rings. The third-order valence-corrected chi connectivity index (χ3v) is 2.35. The first-order valence-electron chi connectivity index (χ1n) is 5.13. The smallest absolute Gasteiger partial charge is 0.373 e. The third-order valence-electron chi connectivity index (χ3n) is 2.35. The summed E-state index contributed by atoms with van der Waals surface area (Å²) in [6, 6.07) is 3.15. The molecular weight excluding hydrogens is 269 g/mol. The van der Waals surface area contributed by atoms with E-state index in [0.717, 1.165) is 22.9 Å². The van der Waals surface area contributed by atoms with Gasteiger partial charge in [-0.25, -0.2) is 13.5 Å². The molecule has 19 heavy (non-hydrogen) atoms. The lowest BCUT2D eigenvalue weighted by atomic mass is 10.3. The molecule has 0 aliphatic carbocycles. The van der Waals surface area contributed by atoms with E-state index in [0.29, 0.717) is 6.07 Å². The van der Waals surface area contributed by atoms with E-state index >= 15 is 0 Å². The van der Waals surface area contributed by atoms with Crippen LogP contribution in [-0.2, 0) is 6.18 Å². The Labute approximate surface area is 104 Å². The van der Waals surface area contributed by atoms with Crippen molar-refractivity contribution in [1.82, 2.24) is 9.78 Å². The molecule has 2 rings (SSSR count). The summed E-state index contributed by atoms with van der Waals surface area (Å²) in [6.07, 6.45) is -4.64. The molecule has 0 radical (unpaired) electrons. The van der Waals surface area contributed by atoms with Crippen molar-refractivity contribution >= 4 is 5.82 Å². The fourth-order valence-electron chi connectivity index (χ4n) is 1.56. The number of nitrogens with zero attached hydrogens (tertiary/aromatic N) is 2. The SMILES string of the molecule is CNc1cc(C(F)(F)F)nn1-c1cc(F)cc(F)c1. The van der Waals surface area contributed by atoms with Crippen molar-refractivity contribution in [3.63, 3.8) is 0 Å². The fourth-order valence-corrected chi connectivity index (χ4v) is 1.56. The summed E-state index contributed by atoms with van der Waals surface area (Å²) in [4.78, 5) is 0. The van der Waals surface area contributed by atoms with E-state index < -0.39 is 23.5 Å². The number of rotatable bonds is 2. The second kappa shape index (κ2) is 4.52. The first-order valence-corrected chi connectivity index (χ1v) is 5.13. The van der Waals surface area contributed by atoms with Crippen LogP contribution in [0.1, 0.15) is 5.69 Å². The van der Waals surface area contributed by atoms with Crippen molar-refractivity contribution in [2.75, 3.05) is 12.4 Å². The molecule has 102 valence electrons. The molecule has 1 N–H and O–H groups in total. The van der Waals surface area contributed by atoms with E-state index in [1.54, 1.807) is 0 Å². The summed E-state index contributed by atoms with van der Waals surface area (Å²) >= 11 is 0. The van der Waals surface area contributed by atoms with Gasteiger partial charge >= 0.3 is 6.18 Å². The minimum atomic E-state index is -4.64. The number of nitrogens with one attached hydrogen (secondary N) is 1. The van der Waals surface area contributed by atoms with Gasteiger partial charge in [0.25, 0.3) is 0 Å². The Bertz CT molecular complexity index is 583. The van der Waals surface area contributed by atoms with Crippen molar-refractivity contribution in [3.8, 4) is 5.69 Å². The second-order valence-corrected chi connectivity index (χ2v) is 3.70. The highest BCUT2D eigenvalue weighted by Gasteiger charge is 2.35. The summed E-state index contributed by atoms with van der Waals surface area (Å²) in [5.74, 6) is -1.83.